The molecule has 0 atom stereocenters. The standard InChI is InChI=1S/C17H25ClF2O/c1-2-3-4-5-6-7-8-9-10-21-17-15(19)11-14(13-18)12-16(17)20/h11-12H,2-10,13H2,1H3. The molecular weight excluding hydrogens is 294 g/mol. The second kappa shape index (κ2) is 10.8. The molecule has 0 saturated carbocycles. The Balaban J connectivity index is 2.18. The molecule has 0 N–H and O–H groups in total. The molecule has 0 aliphatic rings. The van der Waals surface area contributed by atoms with Gasteiger partial charge in [0.25, 0.3) is 0 Å². The van der Waals surface area contributed by atoms with Crippen LogP contribution in [0.4, 0.5) is 8.78 Å². The van der Waals surface area contributed by atoms with Gasteiger partial charge in [0.2, 0.25) is 0 Å². The molecule has 4 heteroatoms. The summed E-state index contributed by atoms with van der Waals surface area (Å²) in [4.78, 5) is 0. The second-order valence-electron chi connectivity index (χ2n) is 5.35. The SMILES string of the molecule is CCCCCCCCCCOc1c(F)cc(CCl)cc1F. The van der Waals surface area contributed by atoms with Gasteiger partial charge in [0, 0.05) is 5.88 Å². The molecule has 1 nitrogen and oxygen atoms in total. The Hall–Kier alpha value is -0.830. The van der Waals surface area contributed by atoms with Crippen molar-refractivity contribution >= 4 is 11.6 Å². The van der Waals surface area contributed by atoms with Gasteiger partial charge in [-0.15, -0.1) is 11.6 Å². The van der Waals surface area contributed by atoms with E-state index in [-0.39, 0.29) is 11.6 Å². The monoisotopic (exact) mass is 318 g/mol. The predicted octanol–water partition coefficient (Wildman–Crippen LogP) is 6.22. The summed E-state index contributed by atoms with van der Waals surface area (Å²) < 4.78 is 32.5. The Bertz CT molecular complexity index is 387. The van der Waals surface area contributed by atoms with Gasteiger partial charge in [-0.05, 0) is 24.1 Å². The molecule has 0 fully saturated rings. The molecule has 0 aliphatic carbocycles. The van der Waals surface area contributed by atoms with E-state index in [1.807, 2.05) is 0 Å². The van der Waals surface area contributed by atoms with Gasteiger partial charge < -0.3 is 4.74 Å². The van der Waals surface area contributed by atoms with Crippen LogP contribution in [0.3, 0.4) is 0 Å². The molecule has 1 rings (SSSR count). The third-order valence-corrected chi connectivity index (χ3v) is 3.77. The van der Waals surface area contributed by atoms with Crippen LogP contribution >= 0.6 is 11.6 Å². The first-order valence-electron chi connectivity index (χ1n) is 7.85. The number of halogens is 3. The van der Waals surface area contributed by atoms with Crippen LogP contribution in [-0.2, 0) is 5.88 Å². The van der Waals surface area contributed by atoms with Gasteiger partial charge in [0.05, 0.1) is 6.61 Å². The average molecular weight is 319 g/mol. The van der Waals surface area contributed by atoms with Crippen molar-refractivity contribution in [1.82, 2.24) is 0 Å². The third-order valence-electron chi connectivity index (χ3n) is 3.46. The fourth-order valence-electron chi connectivity index (χ4n) is 2.24. The van der Waals surface area contributed by atoms with Crippen molar-refractivity contribution in [3.05, 3.63) is 29.3 Å². The molecule has 120 valence electrons. The molecule has 0 bridgehead atoms. The Morgan fingerprint density at radius 1 is 0.905 bits per heavy atom. The maximum Gasteiger partial charge on any atom is 0.190 e. The lowest BCUT2D eigenvalue weighted by molar-refractivity contribution is 0.275. The van der Waals surface area contributed by atoms with Crippen molar-refractivity contribution in [2.45, 2.75) is 64.2 Å². The van der Waals surface area contributed by atoms with E-state index in [0.29, 0.717) is 12.2 Å². The van der Waals surface area contributed by atoms with Gasteiger partial charge in [-0.25, -0.2) is 8.78 Å². The largest absolute Gasteiger partial charge is 0.488 e. The highest BCUT2D eigenvalue weighted by atomic mass is 35.5. The minimum atomic E-state index is -0.676. The summed E-state index contributed by atoms with van der Waals surface area (Å²) in [5.74, 6) is -1.55. The maximum atomic E-state index is 13.6. The van der Waals surface area contributed by atoms with Crippen molar-refractivity contribution in [2.24, 2.45) is 0 Å². The number of ether oxygens (including phenoxy) is 1. The molecule has 0 spiro atoms. The second-order valence-corrected chi connectivity index (χ2v) is 5.61. The van der Waals surface area contributed by atoms with Crippen molar-refractivity contribution in [3.8, 4) is 5.75 Å². The zero-order chi connectivity index (χ0) is 15.5. The molecule has 0 heterocycles. The summed E-state index contributed by atoms with van der Waals surface area (Å²) in [6.45, 7) is 2.55. The molecule has 0 unspecified atom stereocenters. The molecule has 0 aromatic heterocycles. The summed E-state index contributed by atoms with van der Waals surface area (Å²) in [6, 6.07) is 2.44. The van der Waals surface area contributed by atoms with Gasteiger partial charge in [-0.1, -0.05) is 51.9 Å². The lowest BCUT2D eigenvalue weighted by Gasteiger charge is -2.09. The van der Waals surface area contributed by atoms with E-state index in [1.54, 1.807) is 0 Å². The van der Waals surface area contributed by atoms with Crippen molar-refractivity contribution in [2.75, 3.05) is 6.61 Å². The highest BCUT2D eigenvalue weighted by Crippen LogP contribution is 2.24. The molecule has 1 aromatic rings. The molecule has 0 amide bonds. The minimum Gasteiger partial charge on any atom is -0.488 e. The summed E-state index contributed by atoms with van der Waals surface area (Å²) in [6.07, 6.45) is 9.39. The third kappa shape index (κ3) is 7.12. The van der Waals surface area contributed by atoms with Crippen LogP contribution in [0.15, 0.2) is 12.1 Å². The number of benzene rings is 1. The number of hydrogen-bond donors (Lipinski definition) is 0. The van der Waals surface area contributed by atoms with Crippen molar-refractivity contribution in [1.29, 1.82) is 0 Å². The Labute approximate surface area is 131 Å². The van der Waals surface area contributed by atoms with Crippen LogP contribution in [0, 0.1) is 11.6 Å². The van der Waals surface area contributed by atoms with Crippen LogP contribution < -0.4 is 4.74 Å². The first-order chi connectivity index (χ1) is 10.2. The van der Waals surface area contributed by atoms with E-state index in [4.69, 9.17) is 16.3 Å². The zero-order valence-corrected chi connectivity index (χ0v) is 13.5. The Morgan fingerprint density at radius 3 is 1.95 bits per heavy atom. The van der Waals surface area contributed by atoms with Gasteiger partial charge >= 0.3 is 0 Å². The van der Waals surface area contributed by atoms with Crippen molar-refractivity contribution < 1.29 is 13.5 Å². The van der Waals surface area contributed by atoms with E-state index in [2.05, 4.69) is 6.92 Å². The van der Waals surface area contributed by atoms with Crippen LogP contribution in [0.2, 0.25) is 0 Å². The van der Waals surface area contributed by atoms with Gasteiger partial charge in [0.15, 0.2) is 17.4 Å². The van der Waals surface area contributed by atoms with E-state index in [0.717, 1.165) is 19.3 Å². The van der Waals surface area contributed by atoms with Crippen LogP contribution in [0.25, 0.3) is 0 Å². The first kappa shape index (κ1) is 18.2. The fraction of sp³-hybridized carbons (Fsp3) is 0.647. The maximum absolute atomic E-state index is 13.6. The lowest BCUT2D eigenvalue weighted by Crippen LogP contribution is -2.02. The molecular formula is C17H25ClF2O. The van der Waals surface area contributed by atoms with Crippen LogP contribution in [0.5, 0.6) is 5.75 Å². The van der Waals surface area contributed by atoms with E-state index >= 15 is 0 Å². The Kier molecular flexibility index (Phi) is 9.40. The number of alkyl halides is 1. The smallest absolute Gasteiger partial charge is 0.190 e. The van der Waals surface area contributed by atoms with Crippen LogP contribution in [-0.4, -0.2) is 6.61 Å². The molecule has 1 aromatic carbocycles. The van der Waals surface area contributed by atoms with E-state index < -0.39 is 11.6 Å². The van der Waals surface area contributed by atoms with Gasteiger partial charge in [-0.3, -0.25) is 0 Å². The summed E-state index contributed by atoms with van der Waals surface area (Å²) in [7, 11) is 0. The molecule has 0 saturated heterocycles. The summed E-state index contributed by atoms with van der Waals surface area (Å²) in [5.41, 5.74) is 0.422. The molecule has 0 aliphatic heterocycles. The number of unbranched alkanes of at least 4 members (excludes halogenated alkanes) is 7. The van der Waals surface area contributed by atoms with E-state index in [1.165, 1.54) is 44.2 Å². The highest BCUT2D eigenvalue weighted by Gasteiger charge is 2.12. The predicted molar refractivity (Wildman–Crippen MR) is 84.0 cm³/mol. The molecule has 0 radical (unpaired) electrons. The quantitative estimate of drug-likeness (QED) is 0.347. The Morgan fingerprint density at radius 2 is 1.43 bits per heavy atom. The highest BCUT2D eigenvalue weighted by molar-refractivity contribution is 6.17. The van der Waals surface area contributed by atoms with Gasteiger partial charge in [0.1, 0.15) is 0 Å². The van der Waals surface area contributed by atoms with Crippen molar-refractivity contribution in [3.63, 3.8) is 0 Å². The van der Waals surface area contributed by atoms with Gasteiger partial charge in [-0.2, -0.15) is 0 Å². The van der Waals surface area contributed by atoms with E-state index in [9.17, 15) is 8.78 Å². The average Bonchev–Trinajstić information content (AvgIpc) is 2.47. The normalized spacial score (nSPS) is 10.9. The number of hydrogen-bond acceptors (Lipinski definition) is 1. The summed E-state index contributed by atoms with van der Waals surface area (Å²) in [5, 5.41) is 0. The lowest BCUT2D eigenvalue weighted by atomic mass is 10.1. The topological polar surface area (TPSA) is 9.23 Å². The number of rotatable bonds is 11. The zero-order valence-electron chi connectivity index (χ0n) is 12.8. The first-order valence-corrected chi connectivity index (χ1v) is 8.39. The fourth-order valence-corrected chi connectivity index (χ4v) is 2.39. The minimum absolute atomic E-state index is 0.0894. The molecule has 21 heavy (non-hydrogen) atoms. The van der Waals surface area contributed by atoms with Crippen LogP contribution in [0.1, 0.15) is 63.9 Å². The summed E-state index contributed by atoms with van der Waals surface area (Å²) >= 11 is 5.56.